The molecule has 2 saturated heterocycles. The van der Waals surface area contributed by atoms with E-state index in [-0.39, 0.29) is 12.4 Å². The van der Waals surface area contributed by atoms with E-state index in [1.54, 1.807) is 14.0 Å². The number of amides is 1. The van der Waals surface area contributed by atoms with Crippen LogP contribution in [0.3, 0.4) is 0 Å². The van der Waals surface area contributed by atoms with Crippen molar-refractivity contribution >= 4 is 18.5 Å². The molecule has 0 unspecified atom stereocenters. The zero-order valence-electron chi connectivity index (χ0n) is 18.2. The molecule has 2 atom stereocenters. The number of methoxy groups -OCH3 is 1. The average Bonchev–Trinajstić information content (AvgIpc) is 3.09. The quantitative estimate of drug-likeness (QED) is 0.733. The van der Waals surface area contributed by atoms with Crippen LogP contribution in [0.25, 0.3) is 6.08 Å². The summed E-state index contributed by atoms with van der Waals surface area (Å²) in [6.07, 6.45) is 5.40. The number of hydrogen-bond acceptors (Lipinski definition) is 6. The van der Waals surface area contributed by atoms with E-state index in [1.165, 1.54) is 5.56 Å². The maximum absolute atomic E-state index is 12.8. The van der Waals surface area contributed by atoms with E-state index < -0.39 is 0 Å². The van der Waals surface area contributed by atoms with Crippen LogP contribution >= 0.6 is 0 Å². The van der Waals surface area contributed by atoms with Crippen LogP contribution < -0.4 is 4.74 Å². The normalized spacial score (nSPS) is 20.4. The molecule has 0 spiro atoms. The number of carboxylic acid groups (broad SMARTS) is 1. The number of fused-ring (bicyclic) bond motifs is 1. The van der Waals surface area contributed by atoms with E-state index in [1.807, 2.05) is 24.0 Å². The smallest absolute Gasteiger partial charge is 0.290 e. The summed E-state index contributed by atoms with van der Waals surface area (Å²) < 4.78 is 10.4. The van der Waals surface area contributed by atoms with Crippen LogP contribution in [0.4, 0.5) is 0 Å². The van der Waals surface area contributed by atoms with Crippen LogP contribution in [0.2, 0.25) is 0 Å². The van der Waals surface area contributed by atoms with Crippen LogP contribution in [0.1, 0.15) is 33.8 Å². The Hall–Kier alpha value is -3.13. The molecule has 166 valence electrons. The number of carbonyl (C=O) groups excluding carboxylic acids is 1. The topological polar surface area (TPSA) is 96.1 Å². The second kappa shape index (κ2) is 10.3. The van der Waals surface area contributed by atoms with Gasteiger partial charge in [-0.3, -0.25) is 14.5 Å². The Labute approximate surface area is 182 Å². The van der Waals surface area contributed by atoms with Gasteiger partial charge in [-0.15, -0.1) is 0 Å². The van der Waals surface area contributed by atoms with Gasteiger partial charge in [-0.2, -0.15) is 0 Å². The molecule has 0 bridgehead atoms. The number of aryl methyl sites for hydroxylation is 2. The Kier molecular flexibility index (Phi) is 7.46. The molecule has 0 radical (unpaired) electrons. The predicted molar refractivity (Wildman–Crippen MR) is 116 cm³/mol. The summed E-state index contributed by atoms with van der Waals surface area (Å²) in [5, 5.41) is 10.8. The third-order valence-corrected chi connectivity index (χ3v) is 5.93. The summed E-state index contributed by atoms with van der Waals surface area (Å²) in [6, 6.07) is 8.66. The lowest BCUT2D eigenvalue weighted by Gasteiger charge is -2.53. The molecular formula is C23H29N3O5. The van der Waals surface area contributed by atoms with Crippen molar-refractivity contribution in [3.05, 3.63) is 52.9 Å². The summed E-state index contributed by atoms with van der Waals surface area (Å²) >= 11 is 0. The van der Waals surface area contributed by atoms with Gasteiger partial charge in [0.05, 0.1) is 12.8 Å². The monoisotopic (exact) mass is 427 g/mol. The summed E-state index contributed by atoms with van der Waals surface area (Å²) in [5.41, 5.74) is 2.50. The fraction of sp³-hybridized carbons (Fsp3) is 0.435. The highest BCUT2D eigenvalue weighted by atomic mass is 16.5. The van der Waals surface area contributed by atoms with Gasteiger partial charge >= 0.3 is 0 Å². The van der Waals surface area contributed by atoms with Gasteiger partial charge in [0.2, 0.25) is 0 Å². The van der Waals surface area contributed by atoms with E-state index in [4.69, 9.17) is 19.2 Å². The Morgan fingerprint density at radius 1 is 1.29 bits per heavy atom. The molecule has 1 amide bonds. The average molecular weight is 428 g/mol. The van der Waals surface area contributed by atoms with Crippen LogP contribution in [0.15, 0.2) is 34.9 Å². The van der Waals surface area contributed by atoms with Crippen LogP contribution in [0.5, 0.6) is 5.75 Å². The highest BCUT2D eigenvalue weighted by Crippen LogP contribution is 2.33. The largest absolute Gasteiger partial charge is 0.497 e. The number of aromatic nitrogens is 1. The number of rotatable bonds is 5. The van der Waals surface area contributed by atoms with E-state index in [0.29, 0.717) is 29.0 Å². The fourth-order valence-electron chi connectivity index (χ4n) is 4.36. The van der Waals surface area contributed by atoms with Gasteiger partial charge < -0.3 is 19.3 Å². The Morgan fingerprint density at radius 2 is 2.00 bits per heavy atom. The van der Waals surface area contributed by atoms with Crippen molar-refractivity contribution in [3.63, 3.8) is 0 Å². The molecule has 2 fully saturated rings. The van der Waals surface area contributed by atoms with Gasteiger partial charge in [-0.1, -0.05) is 29.4 Å². The molecule has 1 aromatic carbocycles. The van der Waals surface area contributed by atoms with Crippen molar-refractivity contribution in [1.82, 2.24) is 15.0 Å². The van der Waals surface area contributed by atoms with Gasteiger partial charge in [0.1, 0.15) is 17.1 Å². The van der Waals surface area contributed by atoms with E-state index in [0.717, 1.165) is 38.3 Å². The van der Waals surface area contributed by atoms with Crippen molar-refractivity contribution in [2.24, 2.45) is 5.92 Å². The van der Waals surface area contributed by atoms with Crippen LogP contribution in [-0.2, 0) is 4.79 Å². The number of benzene rings is 1. The highest BCUT2D eigenvalue weighted by molar-refractivity contribution is 5.96. The van der Waals surface area contributed by atoms with Gasteiger partial charge in [0, 0.05) is 38.1 Å². The Balaban J connectivity index is 0.000000858. The molecule has 1 N–H and O–H groups in total. The summed E-state index contributed by atoms with van der Waals surface area (Å²) in [7, 11) is 1.68. The first-order valence-electron chi connectivity index (χ1n) is 10.3. The summed E-state index contributed by atoms with van der Waals surface area (Å²) in [4.78, 5) is 25.7. The SMILES string of the molecule is COc1ccc(/C=C/CN2C[C@@H]3CN(C(=O)c4c(C)noc4C)CC[C@@H]32)cc1.O=CO. The molecule has 8 nitrogen and oxygen atoms in total. The predicted octanol–water partition coefficient (Wildman–Crippen LogP) is 2.86. The Morgan fingerprint density at radius 3 is 2.58 bits per heavy atom. The fourth-order valence-corrected chi connectivity index (χ4v) is 4.36. The lowest BCUT2D eigenvalue weighted by Crippen LogP contribution is -2.63. The lowest BCUT2D eigenvalue weighted by atomic mass is 9.82. The zero-order chi connectivity index (χ0) is 22.4. The van der Waals surface area contributed by atoms with Crippen molar-refractivity contribution < 1.29 is 24.0 Å². The molecule has 2 aliphatic rings. The maximum atomic E-state index is 12.8. The third-order valence-electron chi connectivity index (χ3n) is 5.93. The van der Waals surface area contributed by atoms with Gasteiger partial charge in [-0.05, 0) is 38.0 Å². The summed E-state index contributed by atoms with van der Waals surface area (Å²) in [6.45, 7) is 7.00. The van der Waals surface area contributed by atoms with Crippen molar-refractivity contribution in [1.29, 1.82) is 0 Å². The van der Waals surface area contributed by atoms with E-state index >= 15 is 0 Å². The van der Waals surface area contributed by atoms with Crippen molar-refractivity contribution in [2.45, 2.75) is 26.3 Å². The maximum Gasteiger partial charge on any atom is 0.290 e. The van der Waals surface area contributed by atoms with Gasteiger partial charge in [0.25, 0.3) is 12.4 Å². The van der Waals surface area contributed by atoms with Crippen LogP contribution in [-0.4, -0.2) is 71.8 Å². The highest BCUT2D eigenvalue weighted by Gasteiger charge is 2.43. The van der Waals surface area contributed by atoms with Crippen molar-refractivity contribution in [3.8, 4) is 5.75 Å². The number of nitrogens with zero attached hydrogens (tertiary/aromatic N) is 3. The minimum absolute atomic E-state index is 0.0625. The first-order chi connectivity index (χ1) is 15.0. The molecule has 0 saturated carbocycles. The molecular weight excluding hydrogens is 398 g/mol. The number of piperidine rings is 1. The van der Waals surface area contributed by atoms with E-state index in [9.17, 15) is 4.79 Å². The van der Waals surface area contributed by atoms with Crippen molar-refractivity contribution in [2.75, 3.05) is 33.3 Å². The molecule has 31 heavy (non-hydrogen) atoms. The second-order valence-electron chi connectivity index (χ2n) is 7.80. The number of hydrogen-bond donors (Lipinski definition) is 1. The van der Waals surface area contributed by atoms with E-state index in [2.05, 4.69) is 34.3 Å². The molecule has 2 aromatic rings. The standard InChI is InChI=1S/C22H27N3O3.CH2O2/c1-15-21(16(2)28-23-15)22(26)25-12-10-20-18(14-25)13-24(20)11-4-5-17-6-8-19(27-3)9-7-17;2-1-3/h4-9,18,20H,10-14H2,1-3H3;1H,(H,2,3)/b5-4+;/t18-,20+;/m1./s1. The lowest BCUT2D eigenvalue weighted by molar-refractivity contribution is -0.122. The molecule has 2 aliphatic heterocycles. The molecule has 4 rings (SSSR count). The van der Waals surface area contributed by atoms with Crippen LogP contribution in [0, 0.1) is 19.8 Å². The third kappa shape index (κ3) is 5.14. The number of likely N-dealkylation sites (tertiary alicyclic amines) is 2. The van der Waals surface area contributed by atoms with Gasteiger partial charge in [-0.25, -0.2) is 0 Å². The molecule has 0 aliphatic carbocycles. The minimum Gasteiger partial charge on any atom is -0.497 e. The zero-order valence-corrected chi connectivity index (χ0v) is 18.2. The molecule has 8 heteroatoms. The summed E-state index contributed by atoms with van der Waals surface area (Å²) in [5.74, 6) is 2.12. The number of ether oxygens (including phenoxy) is 1. The first-order valence-corrected chi connectivity index (χ1v) is 10.3. The molecule has 3 heterocycles. The Bertz CT molecular complexity index is 902. The first kappa shape index (κ1) is 22.6. The van der Waals surface area contributed by atoms with Gasteiger partial charge in [0.15, 0.2) is 0 Å². The number of carbonyl (C=O) groups is 2. The minimum atomic E-state index is -0.250. The second-order valence-corrected chi connectivity index (χ2v) is 7.80. The molecule has 1 aromatic heterocycles.